The van der Waals surface area contributed by atoms with Crippen LogP contribution in [0.3, 0.4) is 0 Å². The summed E-state index contributed by atoms with van der Waals surface area (Å²) in [6, 6.07) is 10.6. The Morgan fingerprint density at radius 2 is 1.91 bits per heavy atom. The van der Waals surface area contributed by atoms with Crippen molar-refractivity contribution in [1.29, 1.82) is 0 Å². The summed E-state index contributed by atoms with van der Waals surface area (Å²) in [4.78, 5) is 12.2. The second-order valence-electron chi connectivity index (χ2n) is 4.18. The highest BCUT2D eigenvalue weighted by Crippen LogP contribution is 2.30. The number of anilines is 1. The summed E-state index contributed by atoms with van der Waals surface area (Å²) in [5.74, 6) is -0.561. The molecular formula is C15H12ClF2NO3. The zero-order valence-corrected chi connectivity index (χ0v) is 12.2. The number of benzene rings is 2. The Morgan fingerprint density at radius 1 is 1.18 bits per heavy atom. The fraction of sp³-hybridized carbons (Fsp3) is 0.133. The first-order chi connectivity index (χ1) is 10.5. The predicted molar refractivity (Wildman–Crippen MR) is 79.0 cm³/mol. The van der Waals surface area contributed by atoms with Crippen molar-refractivity contribution in [2.45, 2.75) is 6.61 Å². The highest BCUT2D eigenvalue weighted by molar-refractivity contribution is 6.33. The lowest BCUT2D eigenvalue weighted by Crippen LogP contribution is -2.12. The van der Waals surface area contributed by atoms with Gasteiger partial charge in [0, 0.05) is 5.56 Å². The number of hydrogen-bond donors (Lipinski definition) is 1. The number of carbonyl (C=O) groups is 1. The first-order valence-electron chi connectivity index (χ1n) is 6.20. The number of alkyl halides is 2. The van der Waals surface area contributed by atoms with Crippen molar-refractivity contribution >= 4 is 23.2 Å². The minimum atomic E-state index is -2.98. The van der Waals surface area contributed by atoms with Crippen LogP contribution in [0.1, 0.15) is 10.4 Å². The van der Waals surface area contributed by atoms with Gasteiger partial charge in [0.2, 0.25) is 0 Å². The van der Waals surface area contributed by atoms with Gasteiger partial charge in [-0.05, 0) is 30.3 Å². The number of amides is 1. The number of methoxy groups -OCH3 is 1. The molecule has 1 N–H and O–H groups in total. The monoisotopic (exact) mass is 327 g/mol. The second kappa shape index (κ2) is 7.09. The number of ether oxygens (including phenoxy) is 2. The van der Waals surface area contributed by atoms with Crippen molar-refractivity contribution in [3.05, 3.63) is 53.1 Å². The standard InChI is InChI=1S/C15H12ClF2NO3/c1-21-13-8-9(6-7-12(13)22-15(17)18)14(20)19-11-5-3-2-4-10(11)16/h2-8,15H,1H3,(H,19,20). The number of carbonyl (C=O) groups excluding carboxylic acids is 1. The molecule has 0 heterocycles. The molecule has 0 aliphatic heterocycles. The minimum Gasteiger partial charge on any atom is -0.493 e. The molecule has 4 nitrogen and oxygen atoms in total. The van der Waals surface area contributed by atoms with Crippen molar-refractivity contribution in [2.75, 3.05) is 12.4 Å². The molecule has 7 heteroatoms. The largest absolute Gasteiger partial charge is 0.493 e. The fourth-order valence-corrected chi connectivity index (χ4v) is 1.94. The molecule has 0 unspecified atom stereocenters. The van der Waals surface area contributed by atoms with Crippen LogP contribution in [0.25, 0.3) is 0 Å². The first kappa shape index (κ1) is 16.0. The van der Waals surface area contributed by atoms with Gasteiger partial charge in [-0.25, -0.2) is 0 Å². The van der Waals surface area contributed by atoms with Crippen molar-refractivity contribution < 1.29 is 23.0 Å². The van der Waals surface area contributed by atoms with Gasteiger partial charge in [-0.1, -0.05) is 23.7 Å². The molecule has 0 saturated carbocycles. The van der Waals surface area contributed by atoms with E-state index in [1.54, 1.807) is 24.3 Å². The highest BCUT2D eigenvalue weighted by Gasteiger charge is 2.14. The van der Waals surface area contributed by atoms with Gasteiger partial charge >= 0.3 is 6.61 Å². The van der Waals surface area contributed by atoms with Crippen molar-refractivity contribution in [2.24, 2.45) is 0 Å². The maximum absolute atomic E-state index is 12.3. The summed E-state index contributed by atoms with van der Waals surface area (Å²) in [7, 11) is 1.30. The average molecular weight is 328 g/mol. The zero-order chi connectivity index (χ0) is 16.1. The third-order valence-corrected chi connectivity index (χ3v) is 3.09. The Balaban J connectivity index is 2.21. The van der Waals surface area contributed by atoms with Crippen LogP contribution in [0, 0.1) is 0 Å². The minimum absolute atomic E-state index is 0.0344. The predicted octanol–water partition coefficient (Wildman–Crippen LogP) is 4.20. The highest BCUT2D eigenvalue weighted by atomic mass is 35.5. The number of nitrogens with one attached hydrogen (secondary N) is 1. The summed E-state index contributed by atoms with van der Waals surface area (Å²) in [5, 5.41) is 3.01. The van der Waals surface area contributed by atoms with Crippen LogP contribution < -0.4 is 14.8 Å². The quantitative estimate of drug-likeness (QED) is 0.895. The van der Waals surface area contributed by atoms with Crippen LogP contribution in [-0.2, 0) is 0 Å². The maximum Gasteiger partial charge on any atom is 0.387 e. The summed E-state index contributed by atoms with van der Waals surface area (Å²) in [6.45, 7) is -2.98. The van der Waals surface area contributed by atoms with E-state index in [1.807, 2.05) is 0 Å². The number of para-hydroxylation sites is 1. The molecular weight excluding hydrogens is 316 g/mol. The van der Waals surface area contributed by atoms with E-state index in [2.05, 4.69) is 10.1 Å². The molecule has 0 aromatic heterocycles. The van der Waals surface area contributed by atoms with Crippen LogP contribution in [0.15, 0.2) is 42.5 Å². The van der Waals surface area contributed by atoms with Gasteiger partial charge in [-0.3, -0.25) is 4.79 Å². The van der Waals surface area contributed by atoms with Crippen LogP contribution in [0.5, 0.6) is 11.5 Å². The van der Waals surface area contributed by atoms with Crippen LogP contribution in [0.2, 0.25) is 5.02 Å². The number of hydrogen-bond acceptors (Lipinski definition) is 3. The summed E-state index contributed by atoms with van der Waals surface area (Å²) in [5.41, 5.74) is 0.666. The number of halogens is 3. The van der Waals surface area contributed by atoms with Crippen LogP contribution in [0.4, 0.5) is 14.5 Å². The molecule has 2 rings (SSSR count). The van der Waals surface area contributed by atoms with Gasteiger partial charge in [0.15, 0.2) is 11.5 Å². The molecule has 22 heavy (non-hydrogen) atoms. The second-order valence-corrected chi connectivity index (χ2v) is 4.59. The molecule has 2 aromatic carbocycles. The third-order valence-electron chi connectivity index (χ3n) is 2.76. The third kappa shape index (κ3) is 3.85. The van der Waals surface area contributed by atoms with Gasteiger partial charge in [0.25, 0.3) is 5.91 Å². The molecule has 0 radical (unpaired) electrons. The fourth-order valence-electron chi connectivity index (χ4n) is 1.76. The average Bonchev–Trinajstić information content (AvgIpc) is 2.49. The van der Waals surface area contributed by atoms with E-state index in [1.165, 1.54) is 25.3 Å². The van der Waals surface area contributed by atoms with E-state index in [-0.39, 0.29) is 17.1 Å². The maximum atomic E-state index is 12.3. The van der Waals surface area contributed by atoms with E-state index < -0.39 is 12.5 Å². The molecule has 0 bridgehead atoms. The van der Waals surface area contributed by atoms with E-state index in [9.17, 15) is 13.6 Å². The summed E-state index contributed by atoms with van der Waals surface area (Å²) < 4.78 is 33.8. The first-order valence-corrected chi connectivity index (χ1v) is 6.58. The number of rotatable bonds is 5. The molecule has 0 aliphatic rings. The Morgan fingerprint density at radius 3 is 2.55 bits per heavy atom. The van der Waals surface area contributed by atoms with E-state index in [4.69, 9.17) is 16.3 Å². The lowest BCUT2D eigenvalue weighted by atomic mass is 10.2. The SMILES string of the molecule is COc1cc(C(=O)Nc2ccccc2Cl)ccc1OC(F)F. The summed E-state index contributed by atoms with van der Waals surface area (Å²) in [6.07, 6.45) is 0. The van der Waals surface area contributed by atoms with Gasteiger partial charge in [0.05, 0.1) is 17.8 Å². The molecule has 0 atom stereocenters. The van der Waals surface area contributed by atoms with Crippen molar-refractivity contribution in [3.63, 3.8) is 0 Å². The molecule has 1 amide bonds. The Bertz CT molecular complexity index is 680. The molecule has 2 aromatic rings. The molecule has 116 valence electrons. The normalized spacial score (nSPS) is 10.4. The molecule has 0 spiro atoms. The van der Waals surface area contributed by atoms with Crippen molar-refractivity contribution in [1.82, 2.24) is 0 Å². The lowest BCUT2D eigenvalue weighted by molar-refractivity contribution is -0.0512. The van der Waals surface area contributed by atoms with E-state index >= 15 is 0 Å². The topological polar surface area (TPSA) is 47.6 Å². The Kier molecular flexibility index (Phi) is 5.16. The molecule has 0 aliphatic carbocycles. The van der Waals surface area contributed by atoms with Gasteiger partial charge < -0.3 is 14.8 Å². The Labute approximate surface area is 130 Å². The van der Waals surface area contributed by atoms with Gasteiger partial charge in [0.1, 0.15) is 0 Å². The van der Waals surface area contributed by atoms with Gasteiger partial charge in [-0.15, -0.1) is 0 Å². The van der Waals surface area contributed by atoms with E-state index in [0.29, 0.717) is 10.7 Å². The smallest absolute Gasteiger partial charge is 0.387 e. The van der Waals surface area contributed by atoms with E-state index in [0.717, 1.165) is 0 Å². The molecule has 0 saturated heterocycles. The van der Waals surface area contributed by atoms with Crippen molar-refractivity contribution in [3.8, 4) is 11.5 Å². The van der Waals surface area contributed by atoms with Gasteiger partial charge in [-0.2, -0.15) is 8.78 Å². The molecule has 0 fully saturated rings. The summed E-state index contributed by atoms with van der Waals surface area (Å²) >= 11 is 5.95. The Hall–Kier alpha value is -2.34. The van der Waals surface area contributed by atoms with Crippen LogP contribution in [-0.4, -0.2) is 19.6 Å². The van der Waals surface area contributed by atoms with Crippen LogP contribution >= 0.6 is 11.6 Å². The zero-order valence-electron chi connectivity index (χ0n) is 11.5. The lowest BCUT2D eigenvalue weighted by Gasteiger charge is -2.12.